The minimum absolute atomic E-state index is 0.438. The Morgan fingerprint density at radius 1 is 0.960 bits per heavy atom. The first-order chi connectivity index (χ1) is 11.9. The van der Waals surface area contributed by atoms with E-state index in [1.165, 1.54) is 0 Å². The van der Waals surface area contributed by atoms with Crippen LogP contribution in [0, 0.1) is 0 Å². The summed E-state index contributed by atoms with van der Waals surface area (Å²) in [7, 11) is 3.61. The molecule has 0 saturated heterocycles. The van der Waals surface area contributed by atoms with Gasteiger partial charge in [-0.25, -0.2) is 15.0 Å². The average molecular weight is 348 g/mol. The second-order valence-corrected chi connectivity index (χ2v) is 6.42. The number of aliphatic hydroxyl groups is 1. The molecule has 2 aromatic heterocycles. The molecule has 2 heterocycles. The van der Waals surface area contributed by atoms with Crippen LogP contribution in [0.1, 0.15) is 33.0 Å². The van der Waals surface area contributed by atoms with E-state index in [4.69, 9.17) is 0 Å². The number of rotatable bonds is 9. The predicted molar refractivity (Wildman–Crippen MR) is 101 cm³/mol. The fraction of sp³-hybridized carbons (Fsp3) is 0.625. The topological polar surface area (TPSA) is 120 Å². The van der Waals surface area contributed by atoms with E-state index >= 15 is 0 Å². The summed E-state index contributed by atoms with van der Waals surface area (Å²) in [5.41, 5.74) is 0.526. The first kappa shape index (κ1) is 19.1. The fourth-order valence-corrected chi connectivity index (χ4v) is 2.29. The third kappa shape index (κ3) is 5.10. The highest BCUT2D eigenvalue weighted by Gasteiger charge is 2.16. The van der Waals surface area contributed by atoms with Crippen LogP contribution in [0.25, 0.3) is 11.0 Å². The predicted octanol–water partition coefficient (Wildman–Crippen LogP) is 1.19. The number of nitrogens with zero attached hydrogens (tertiary/aromatic N) is 4. The molecule has 0 atom stereocenters. The van der Waals surface area contributed by atoms with E-state index in [1.807, 2.05) is 0 Å². The van der Waals surface area contributed by atoms with E-state index in [0.29, 0.717) is 47.5 Å². The first-order valence-electron chi connectivity index (χ1n) is 8.49. The summed E-state index contributed by atoms with van der Waals surface area (Å²) in [4.78, 5) is 18.1. The number of hydrogen-bond acceptors (Lipinski definition) is 9. The molecule has 0 aliphatic heterocycles. The molecule has 0 aromatic carbocycles. The highest BCUT2D eigenvalue weighted by atomic mass is 16.3. The third-order valence-electron chi connectivity index (χ3n) is 3.44. The Kier molecular flexibility index (Phi) is 6.27. The number of hydrogen-bond donors (Lipinski definition) is 5. The lowest BCUT2D eigenvalue weighted by atomic mass is 10.1. The molecule has 2 aromatic rings. The number of fused-ring (bicyclic) bond motifs is 1. The van der Waals surface area contributed by atoms with E-state index in [9.17, 15) is 5.11 Å². The third-order valence-corrected chi connectivity index (χ3v) is 3.44. The van der Waals surface area contributed by atoms with Crippen molar-refractivity contribution in [1.29, 1.82) is 0 Å². The van der Waals surface area contributed by atoms with Crippen molar-refractivity contribution in [3.63, 3.8) is 0 Å². The van der Waals surface area contributed by atoms with Gasteiger partial charge in [-0.3, -0.25) is 0 Å². The van der Waals surface area contributed by atoms with E-state index in [-0.39, 0.29) is 0 Å². The molecule has 138 valence electrons. The highest BCUT2D eigenvalue weighted by molar-refractivity contribution is 5.93. The molecule has 0 fully saturated rings. The Balaban J connectivity index is 2.38. The molecule has 9 heteroatoms. The van der Waals surface area contributed by atoms with Crippen LogP contribution in [0.3, 0.4) is 0 Å². The van der Waals surface area contributed by atoms with E-state index in [2.05, 4.69) is 48.1 Å². The summed E-state index contributed by atoms with van der Waals surface area (Å²) in [6.07, 6.45) is 0.984. The van der Waals surface area contributed by atoms with Crippen LogP contribution in [-0.4, -0.2) is 57.8 Å². The molecule has 0 spiro atoms. The highest BCUT2D eigenvalue weighted by Crippen LogP contribution is 2.25. The van der Waals surface area contributed by atoms with Gasteiger partial charge >= 0.3 is 0 Å². The molecule has 0 bridgehead atoms. The van der Waals surface area contributed by atoms with Crippen LogP contribution in [0.15, 0.2) is 0 Å². The molecule has 25 heavy (non-hydrogen) atoms. The van der Waals surface area contributed by atoms with Gasteiger partial charge in [-0.2, -0.15) is 4.98 Å². The number of aromatic nitrogens is 4. The smallest absolute Gasteiger partial charge is 0.225 e. The van der Waals surface area contributed by atoms with E-state index in [0.717, 1.165) is 13.0 Å². The van der Waals surface area contributed by atoms with Gasteiger partial charge in [-0.1, -0.05) is 6.92 Å². The normalized spacial score (nSPS) is 11.6. The van der Waals surface area contributed by atoms with Crippen molar-refractivity contribution in [3.05, 3.63) is 5.82 Å². The molecule has 0 amide bonds. The monoisotopic (exact) mass is 348 g/mol. The van der Waals surface area contributed by atoms with Crippen LogP contribution in [-0.2, 0) is 6.54 Å². The van der Waals surface area contributed by atoms with Gasteiger partial charge in [0, 0.05) is 27.2 Å². The molecule has 5 N–H and O–H groups in total. The zero-order valence-electron chi connectivity index (χ0n) is 15.6. The van der Waals surface area contributed by atoms with E-state index < -0.39 is 5.60 Å². The average Bonchev–Trinajstić information content (AvgIpc) is 2.57. The minimum atomic E-state index is -0.790. The fourth-order valence-electron chi connectivity index (χ4n) is 2.29. The van der Waals surface area contributed by atoms with Crippen LogP contribution in [0.5, 0.6) is 0 Å². The van der Waals surface area contributed by atoms with Crippen LogP contribution >= 0.6 is 0 Å². The molecule has 0 saturated carbocycles. The van der Waals surface area contributed by atoms with Gasteiger partial charge in [0.1, 0.15) is 16.9 Å². The lowest BCUT2D eigenvalue weighted by molar-refractivity contribution is 0.0793. The van der Waals surface area contributed by atoms with Crippen molar-refractivity contribution in [1.82, 2.24) is 25.3 Å². The van der Waals surface area contributed by atoms with Gasteiger partial charge in [0.2, 0.25) is 5.95 Å². The maximum Gasteiger partial charge on any atom is 0.225 e. The SMILES string of the molecule is CCCNc1nc(NC)c2nc(CNCC(C)(C)O)nc(NC)c2n1. The Morgan fingerprint density at radius 2 is 1.60 bits per heavy atom. The van der Waals surface area contributed by atoms with Gasteiger partial charge in [0.25, 0.3) is 0 Å². The zero-order valence-corrected chi connectivity index (χ0v) is 15.6. The maximum atomic E-state index is 9.80. The summed E-state index contributed by atoms with van der Waals surface area (Å²) in [6, 6.07) is 0. The summed E-state index contributed by atoms with van der Waals surface area (Å²) < 4.78 is 0. The first-order valence-corrected chi connectivity index (χ1v) is 8.49. The maximum absolute atomic E-state index is 9.80. The quantitative estimate of drug-likeness (QED) is 0.455. The number of anilines is 3. The molecular formula is C16H28N8O. The lowest BCUT2D eigenvalue weighted by Gasteiger charge is -2.17. The van der Waals surface area contributed by atoms with Crippen LogP contribution in [0.4, 0.5) is 17.6 Å². The largest absolute Gasteiger partial charge is 0.389 e. The standard InChI is InChI=1S/C16H28N8O/c1-6-7-20-15-23-12-11(14(18-5)24-15)21-10(22-13(12)17-4)8-19-9-16(2,3)25/h19,25H,6-9H2,1-5H3,(H,17,21,22)(H2,18,20,23,24). The molecule has 0 radical (unpaired) electrons. The van der Waals surface area contributed by atoms with Gasteiger partial charge in [0.15, 0.2) is 11.6 Å². The minimum Gasteiger partial charge on any atom is -0.389 e. The summed E-state index contributed by atoms with van der Waals surface area (Å²) in [5, 5.41) is 22.3. The Hall–Kier alpha value is -2.26. The van der Waals surface area contributed by atoms with Crippen molar-refractivity contribution in [2.75, 3.05) is 43.1 Å². The van der Waals surface area contributed by atoms with Gasteiger partial charge < -0.3 is 26.4 Å². The van der Waals surface area contributed by atoms with Gasteiger partial charge in [0.05, 0.1) is 12.1 Å². The summed E-state index contributed by atoms with van der Waals surface area (Å²) >= 11 is 0. The molecule has 0 aliphatic carbocycles. The molecule has 0 unspecified atom stereocenters. The molecule has 0 aliphatic rings. The molecule has 9 nitrogen and oxygen atoms in total. The summed E-state index contributed by atoms with van der Waals surface area (Å²) in [6.45, 7) is 7.26. The second-order valence-electron chi connectivity index (χ2n) is 6.42. The molecular weight excluding hydrogens is 320 g/mol. The second kappa shape index (κ2) is 8.21. The Labute approximate surface area is 148 Å². The van der Waals surface area contributed by atoms with Crippen LogP contribution < -0.4 is 21.3 Å². The Bertz CT molecular complexity index is 713. The molecule has 2 rings (SSSR count). The van der Waals surface area contributed by atoms with Gasteiger partial charge in [-0.05, 0) is 20.3 Å². The van der Waals surface area contributed by atoms with Crippen molar-refractivity contribution < 1.29 is 5.11 Å². The van der Waals surface area contributed by atoms with Crippen molar-refractivity contribution in [3.8, 4) is 0 Å². The lowest BCUT2D eigenvalue weighted by Crippen LogP contribution is -2.34. The van der Waals surface area contributed by atoms with E-state index in [1.54, 1.807) is 27.9 Å². The number of nitrogens with one attached hydrogen (secondary N) is 4. The van der Waals surface area contributed by atoms with Crippen molar-refractivity contribution in [2.24, 2.45) is 0 Å². The zero-order chi connectivity index (χ0) is 18.4. The van der Waals surface area contributed by atoms with Gasteiger partial charge in [-0.15, -0.1) is 0 Å². The van der Waals surface area contributed by atoms with Crippen molar-refractivity contribution in [2.45, 2.75) is 39.3 Å². The Morgan fingerprint density at radius 3 is 2.20 bits per heavy atom. The summed E-state index contributed by atoms with van der Waals surface area (Å²) in [5.74, 6) is 2.44. The van der Waals surface area contributed by atoms with Crippen LogP contribution in [0.2, 0.25) is 0 Å². The van der Waals surface area contributed by atoms with Crippen molar-refractivity contribution >= 4 is 28.6 Å².